The van der Waals surface area contributed by atoms with Crippen LogP contribution in [0.25, 0.3) is 11.0 Å². The molecule has 0 radical (unpaired) electrons. The minimum atomic E-state index is -0.925. The van der Waals surface area contributed by atoms with Crippen LogP contribution in [0.15, 0.2) is 67.1 Å². The van der Waals surface area contributed by atoms with E-state index in [1.165, 1.54) is 18.2 Å². The van der Waals surface area contributed by atoms with Gasteiger partial charge in [-0.25, -0.2) is 18.7 Å². The van der Waals surface area contributed by atoms with E-state index in [9.17, 15) is 9.18 Å². The number of carboxylic acids is 1. The van der Waals surface area contributed by atoms with Crippen molar-refractivity contribution in [1.82, 2.24) is 24.0 Å². The maximum atomic E-state index is 15.3. The zero-order chi connectivity index (χ0) is 32.9. The largest absolute Gasteiger partial charge is 0.490 e. The number of benzene rings is 3. The smallest absolute Gasteiger partial charge is 0.303 e. The quantitative estimate of drug-likeness (QED) is 0.147. The van der Waals surface area contributed by atoms with Gasteiger partial charge in [0.25, 0.3) is 0 Å². The molecular formula is C35H36ClF2N5O4. The monoisotopic (exact) mass is 663 g/mol. The van der Waals surface area contributed by atoms with Gasteiger partial charge in [-0.15, -0.1) is 0 Å². The highest BCUT2D eigenvalue weighted by Gasteiger charge is 2.24. The average molecular weight is 664 g/mol. The van der Waals surface area contributed by atoms with Crippen LogP contribution in [0.4, 0.5) is 8.78 Å². The van der Waals surface area contributed by atoms with E-state index in [1.54, 1.807) is 12.4 Å². The molecule has 0 spiro atoms. The predicted octanol–water partition coefficient (Wildman–Crippen LogP) is 6.87. The zero-order valence-corrected chi connectivity index (χ0v) is 26.8. The highest BCUT2D eigenvalue weighted by atomic mass is 35.5. The van der Waals surface area contributed by atoms with Crippen LogP contribution < -0.4 is 9.47 Å². The lowest BCUT2D eigenvalue weighted by Crippen LogP contribution is -2.38. The molecule has 6 rings (SSSR count). The maximum Gasteiger partial charge on any atom is 0.303 e. The fourth-order valence-electron chi connectivity index (χ4n) is 5.94. The molecule has 246 valence electrons. The Kier molecular flexibility index (Phi) is 10.0. The summed E-state index contributed by atoms with van der Waals surface area (Å²) in [7, 11) is 0. The first kappa shape index (κ1) is 32.5. The number of carbonyl (C=O) groups is 1. The number of aryl methyl sites for hydroxylation is 2. The van der Waals surface area contributed by atoms with Crippen molar-refractivity contribution >= 4 is 28.6 Å². The molecule has 0 saturated carbocycles. The molecule has 1 aliphatic rings. The second kappa shape index (κ2) is 14.5. The van der Waals surface area contributed by atoms with Crippen LogP contribution in [0.1, 0.15) is 48.8 Å². The number of aliphatic carboxylic acids is 1. The summed E-state index contributed by atoms with van der Waals surface area (Å²) in [4.78, 5) is 22.5. The van der Waals surface area contributed by atoms with Gasteiger partial charge in [0.05, 0.1) is 30.6 Å². The van der Waals surface area contributed by atoms with Gasteiger partial charge < -0.3 is 23.7 Å². The summed E-state index contributed by atoms with van der Waals surface area (Å²) in [5.74, 6) is -0.284. The first-order chi connectivity index (χ1) is 22.7. The number of imidazole rings is 2. The number of aromatic nitrogens is 4. The third-order valence-electron chi connectivity index (χ3n) is 8.42. The lowest BCUT2D eigenvalue weighted by atomic mass is 10.1. The summed E-state index contributed by atoms with van der Waals surface area (Å²) in [6.45, 7) is 5.51. The van der Waals surface area contributed by atoms with Crippen LogP contribution in [0, 0.1) is 11.6 Å². The van der Waals surface area contributed by atoms with Crippen molar-refractivity contribution in [3.05, 3.63) is 106 Å². The van der Waals surface area contributed by atoms with Gasteiger partial charge in [0, 0.05) is 37.3 Å². The second-order valence-corrected chi connectivity index (χ2v) is 12.2. The molecule has 12 heteroatoms. The molecule has 0 unspecified atom stereocenters. The molecule has 0 amide bonds. The number of nitrogens with zero attached hydrogens (tertiary/aromatic N) is 5. The van der Waals surface area contributed by atoms with Crippen LogP contribution in [0.3, 0.4) is 0 Å². The fraction of sp³-hybridized carbons (Fsp3) is 0.343. The number of hydrogen-bond acceptors (Lipinski definition) is 6. The summed E-state index contributed by atoms with van der Waals surface area (Å²) >= 11 is 5.83. The highest BCUT2D eigenvalue weighted by Crippen LogP contribution is 2.27. The summed E-state index contributed by atoms with van der Waals surface area (Å²) in [6, 6.07) is 15.2. The fourth-order valence-corrected chi connectivity index (χ4v) is 6.10. The Hall–Kier alpha value is -4.48. The number of rotatable bonds is 13. The Morgan fingerprint density at radius 3 is 2.64 bits per heavy atom. The summed E-state index contributed by atoms with van der Waals surface area (Å²) < 4.78 is 45.5. The van der Waals surface area contributed by atoms with Crippen molar-refractivity contribution in [2.75, 3.05) is 13.1 Å². The minimum absolute atomic E-state index is 0.0167. The van der Waals surface area contributed by atoms with Crippen LogP contribution >= 0.6 is 11.6 Å². The van der Waals surface area contributed by atoms with Gasteiger partial charge in [0.15, 0.2) is 17.4 Å². The van der Waals surface area contributed by atoms with Gasteiger partial charge in [-0.1, -0.05) is 23.7 Å². The number of halogens is 3. The minimum Gasteiger partial charge on any atom is -0.490 e. The van der Waals surface area contributed by atoms with Crippen LogP contribution in [-0.4, -0.2) is 54.3 Å². The molecule has 1 fully saturated rings. The van der Waals surface area contributed by atoms with Crippen molar-refractivity contribution in [2.45, 2.75) is 65.0 Å². The van der Waals surface area contributed by atoms with Crippen LogP contribution in [-0.2, 0) is 37.5 Å². The van der Waals surface area contributed by atoms with Gasteiger partial charge in [0.2, 0.25) is 0 Å². The van der Waals surface area contributed by atoms with Gasteiger partial charge >= 0.3 is 5.97 Å². The van der Waals surface area contributed by atoms with Crippen molar-refractivity contribution in [3.8, 4) is 11.5 Å². The first-order valence-corrected chi connectivity index (χ1v) is 16.1. The molecule has 2 aromatic heterocycles. The van der Waals surface area contributed by atoms with Gasteiger partial charge in [0.1, 0.15) is 29.8 Å². The third kappa shape index (κ3) is 7.91. The molecule has 1 saturated heterocycles. The molecule has 47 heavy (non-hydrogen) atoms. The van der Waals surface area contributed by atoms with E-state index in [4.69, 9.17) is 31.2 Å². The molecule has 3 heterocycles. The SMILES string of the molecule is CCn1cncc1Cn1c(CN2CCC(Oc3cccc(COc4ccc(Cl)cc4F)c3)CC2)nc2c(F)cc(CCC(=O)O)cc21. The Balaban J connectivity index is 1.12. The topological polar surface area (TPSA) is 94.6 Å². The summed E-state index contributed by atoms with van der Waals surface area (Å²) in [5.41, 5.74) is 3.38. The lowest BCUT2D eigenvalue weighted by Gasteiger charge is -2.32. The third-order valence-corrected chi connectivity index (χ3v) is 8.66. The van der Waals surface area contributed by atoms with Crippen LogP contribution in [0.2, 0.25) is 5.02 Å². The van der Waals surface area contributed by atoms with Gasteiger partial charge in [-0.2, -0.15) is 0 Å². The Morgan fingerprint density at radius 1 is 1.04 bits per heavy atom. The highest BCUT2D eigenvalue weighted by molar-refractivity contribution is 6.30. The van der Waals surface area contributed by atoms with Crippen molar-refractivity contribution in [2.24, 2.45) is 0 Å². The number of hydrogen-bond donors (Lipinski definition) is 1. The van der Waals surface area contributed by atoms with Crippen molar-refractivity contribution < 1.29 is 28.2 Å². The number of ether oxygens (including phenoxy) is 2. The van der Waals surface area contributed by atoms with Gasteiger partial charge in [-0.05, 0) is 79.8 Å². The molecule has 3 aromatic carbocycles. The lowest BCUT2D eigenvalue weighted by molar-refractivity contribution is -0.136. The molecule has 0 aliphatic carbocycles. The van der Waals surface area contributed by atoms with Crippen LogP contribution in [0.5, 0.6) is 11.5 Å². The normalized spacial score (nSPS) is 14.1. The molecular weight excluding hydrogens is 628 g/mol. The Bertz CT molecular complexity index is 1870. The van der Waals surface area contributed by atoms with E-state index in [0.717, 1.165) is 55.3 Å². The summed E-state index contributed by atoms with van der Waals surface area (Å²) in [6.07, 6.45) is 5.36. The Labute approximate surface area is 276 Å². The number of fused-ring (bicyclic) bond motifs is 1. The molecule has 5 aromatic rings. The zero-order valence-electron chi connectivity index (χ0n) is 26.0. The molecule has 9 nitrogen and oxygen atoms in total. The van der Waals surface area contributed by atoms with E-state index in [-0.39, 0.29) is 36.8 Å². The summed E-state index contributed by atoms with van der Waals surface area (Å²) in [5, 5.41) is 9.47. The first-order valence-electron chi connectivity index (χ1n) is 15.7. The van der Waals surface area contributed by atoms with E-state index in [2.05, 4.69) is 9.88 Å². The standard InChI is InChI=1S/C35H36ClF2N5O4/c1-2-42-22-39-18-26(42)19-43-31-16-23(6-9-34(44)45)15-30(38)35(31)40-33(43)20-41-12-10-27(11-13-41)47-28-5-3-4-24(14-28)21-46-32-8-7-25(36)17-29(32)37/h3-5,7-8,14-18,22,27H,2,6,9-13,19-21H2,1H3,(H,44,45). The number of piperidine rings is 1. The van der Waals surface area contributed by atoms with E-state index in [1.807, 2.05) is 52.6 Å². The van der Waals surface area contributed by atoms with E-state index >= 15 is 4.39 Å². The number of likely N-dealkylation sites (tertiary alicyclic amines) is 1. The molecule has 0 atom stereocenters. The van der Waals surface area contributed by atoms with Gasteiger partial charge in [-0.3, -0.25) is 9.69 Å². The molecule has 1 aliphatic heterocycles. The predicted molar refractivity (Wildman–Crippen MR) is 174 cm³/mol. The Morgan fingerprint density at radius 2 is 1.87 bits per heavy atom. The average Bonchev–Trinajstić information content (AvgIpc) is 3.65. The second-order valence-electron chi connectivity index (χ2n) is 11.7. The van der Waals surface area contributed by atoms with E-state index < -0.39 is 17.6 Å². The van der Waals surface area contributed by atoms with E-state index in [0.29, 0.717) is 29.2 Å². The molecule has 0 bridgehead atoms. The van der Waals surface area contributed by atoms with Crippen molar-refractivity contribution in [1.29, 1.82) is 0 Å². The maximum absolute atomic E-state index is 15.3. The number of carboxylic acid groups (broad SMARTS) is 1. The van der Waals surface area contributed by atoms with Crippen molar-refractivity contribution in [3.63, 3.8) is 0 Å². The molecule has 1 N–H and O–H groups in total.